The van der Waals surface area contributed by atoms with Gasteiger partial charge in [0.15, 0.2) is 0 Å². The Kier molecular flexibility index (Phi) is 5.42. The van der Waals surface area contributed by atoms with Gasteiger partial charge in [-0.1, -0.05) is 30.3 Å². The molecule has 0 bridgehead atoms. The molecular weight excluding hydrogens is 306 g/mol. The van der Waals surface area contributed by atoms with Crippen molar-refractivity contribution in [2.24, 2.45) is 0 Å². The number of nitrogens with zero attached hydrogens (tertiary/aromatic N) is 1. The summed E-state index contributed by atoms with van der Waals surface area (Å²) in [7, 11) is -3.52. The molecule has 0 spiro atoms. The van der Waals surface area contributed by atoms with Gasteiger partial charge in [-0.15, -0.1) is 0 Å². The van der Waals surface area contributed by atoms with Crippen molar-refractivity contribution in [3.05, 3.63) is 35.9 Å². The van der Waals surface area contributed by atoms with E-state index in [9.17, 15) is 13.2 Å². The van der Waals surface area contributed by atoms with E-state index < -0.39 is 22.3 Å². The summed E-state index contributed by atoms with van der Waals surface area (Å²) < 4.78 is 32.7. The van der Waals surface area contributed by atoms with Gasteiger partial charge in [-0.2, -0.15) is 8.42 Å². The monoisotopic (exact) mass is 327 g/mol. The van der Waals surface area contributed by atoms with Crippen molar-refractivity contribution < 1.29 is 22.1 Å². The molecule has 0 radical (unpaired) electrons. The molecule has 0 aromatic heterocycles. The quantitative estimate of drug-likeness (QED) is 0.792. The lowest BCUT2D eigenvalue weighted by atomic mass is 10.0. The van der Waals surface area contributed by atoms with Crippen LogP contribution in [-0.2, 0) is 25.6 Å². The minimum Gasteiger partial charge on any atom is -0.445 e. The molecule has 0 N–H and O–H groups in total. The van der Waals surface area contributed by atoms with E-state index in [0.29, 0.717) is 12.8 Å². The van der Waals surface area contributed by atoms with Crippen LogP contribution in [0.4, 0.5) is 4.79 Å². The standard InChI is InChI=1S/C15H21NO5S/c1-12-8-9-14(21-22(2,18)19)10-16(12)15(17)20-11-13-6-4-3-5-7-13/h3-7,12,14H,8-11H2,1-2H3/t12-,14+/m1/s1. The van der Waals surface area contributed by atoms with Gasteiger partial charge in [-0.3, -0.25) is 4.18 Å². The highest BCUT2D eigenvalue weighted by Crippen LogP contribution is 2.21. The van der Waals surface area contributed by atoms with E-state index in [-0.39, 0.29) is 19.2 Å². The Bertz CT molecular complexity index is 602. The second kappa shape index (κ2) is 7.11. The van der Waals surface area contributed by atoms with E-state index in [2.05, 4.69) is 0 Å². The number of ether oxygens (including phenoxy) is 1. The number of carbonyl (C=O) groups excluding carboxylic acids is 1. The summed E-state index contributed by atoms with van der Waals surface area (Å²) in [6, 6.07) is 9.41. The number of hydrogen-bond donors (Lipinski definition) is 0. The zero-order chi connectivity index (χ0) is 16.2. The van der Waals surface area contributed by atoms with Crippen LogP contribution in [0.5, 0.6) is 0 Å². The number of amides is 1. The average molecular weight is 327 g/mol. The molecule has 0 saturated carbocycles. The lowest BCUT2D eigenvalue weighted by molar-refractivity contribution is 0.0360. The number of carbonyl (C=O) groups is 1. The van der Waals surface area contributed by atoms with Gasteiger partial charge in [0.2, 0.25) is 0 Å². The fourth-order valence-corrected chi connectivity index (χ4v) is 3.11. The van der Waals surface area contributed by atoms with E-state index in [4.69, 9.17) is 8.92 Å². The number of likely N-dealkylation sites (tertiary alicyclic amines) is 1. The summed E-state index contributed by atoms with van der Waals surface area (Å²) in [4.78, 5) is 13.7. The molecule has 1 aromatic carbocycles. The molecule has 1 amide bonds. The zero-order valence-electron chi connectivity index (χ0n) is 12.8. The first-order chi connectivity index (χ1) is 10.3. The summed E-state index contributed by atoms with van der Waals surface area (Å²) in [5.74, 6) is 0. The van der Waals surface area contributed by atoms with Crippen molar-refractivity contribution in [2.75, 3.05) is 12.8 Å². The van der Waals surface area contributed by atoms with Crippen LogP contribution in [0.15, 0.2) is 30.3 Å². The lowest BCUT2D eigenvalue weighted by Crippen LogP contribution is -2.48. The van der Waals surface area contributed by atoms with Gasteiger partial charge >= 0.3 is 6.09 Å². The van der Waals surface area contributed by atoms with E-state index >= 15 is 0 Å². The van der Waals surface area contributed by atoms with Crippen molar-refractivity contribution in [3.8, 4) is 0 Å². The molecule has 1 saturated heterocycles. The number of hydrogen-bond acceptors (Lipinski definition) is 5. The smallest absolute Gasteiger partial charge is 0.410 e. The van der Waals surface area contributed by atoms with Gasteiger partial charge in [-0.25, -0.2) is 4.79 Å². The maximum atomic E-state index is 12.2. The van der Waals surface area contributed by atoms with Crippen LogP contribution in [0.1, 0.15) is 25.3 Å². The zero-order valence-corrected chi connectivity index (χ0v) is 13.6. The van der Waals surface area contributed by atoms with Crippen molar-refractivity contribution >= 4 is 16.2 Å². The molecule has 2 atom stereocenters. The van der Waals surface area contributed by atoms with E-state index in [1.54, 1.807) is 0 Å². The molecule has 6 nitrogen and oxygen atoms in total. The molecule has 1 aliphatic rings. The van der Waals surface area contributed by atoms with Crippen molar-refractivity contribution in [2.45, 2.75) is 38.5 Å². The maximum Gasteiger partial charge on any atom is 0.410 e. The molecule has 2 rings (SSSR count). The van der Waals surface area contributed by atoms with Crippen molar-refractivity contribution in [1.82, 2.24) is 4.90 Å². The molecule has 1 heterocycles. The van der Waals surface area contributed by atoms with Gasteiger partial charge in [0.1, 0.15) is 6.61 Å². The third-order valence-corrected chi connectivity index (χ3v) is 4.21. The van der Waals surface area contributed by atoms with Crippen LogP contribution in [0.25, 0.3) is 0 Å². The summed E-state index contributed by atoms with van der Waals surface area (Å²) in [6.45, 7) is 2.34. The molecule has 1 aromatic rings. The molecular formula is C15H21NO5S. The van der Waals surface area contributed by atoms with Gasteiger partial charge in [-0.05, 0) is 25.3 Å². The average Bonchev–Trinajstić information content (AvgIpc) is 2.46. The molecule has 7 heteroatoms. The highest BCUT2D eigenvalue weighted by molar-refractivity contribution is 7.86. The second-order valence-corrected chi connectivity index (χ2v) is 7.14. The molecule has 1 aliphatic heterocycles. The Labute approximate surface area is 131 Å². The molecule has 22 heavy (non-hydrogen) atoms. The van der Waals surface area contributed by atoms with Crippen LogP contribution in [0, 0.1) is 0 Å². The lowest BCUT2D eigenvalue weighted by Gasteiger charge is -2.36. The minimum atomic E-state index is -3.52. The Hall–Kier alpha value is -1.60. The van der Waals surface area contributed by atoms with Crippen molar-refractivity contribution in [1.29, 1.82) is 0 Å². The highest BCUT2D eigenvalue weighted by Gasteiger charge is 2.32. The minimum absolute atomic E-state index is 0.00248. The fraction of sp³-hybridized carbons (Fsp3) is 0.533. The largest absolute Gasteiger partial charge is 0.445 e. The Balaban J connectivity index is 1.92. The van der Waals surface area contributed by atoms with Crippen LogP contribution in [-0.4, -0.2) is 44.4 Å². The van der Waals surface area contributed by atoms with E-state index in [1.807, 2.05) is 37.3 Å². The number of rotatable bonds is 4. The molecule has 1 fully saturated rings. The maximum absolute atomic E-state index is 12.2. The van der Waals surface area contributed by atoms with E-state index in [1.165, 1.54) is 4.90 Å². The van der Waals surface area contributed by atoms with E-state index in [0.717, 1.165) is 11.8 Å². The predicted octanol–water partition coefficient (Wildman–Crippen LogP) is 2.15. The first kappa shape index (κ1) is 16.8. The number of benzene rings is 1. The normalized spacial score (nSPS) is 22.4. The van der Waals surface area contributed by atoms with Crippen LogP contribution in [0.2, 0.25) is 0 Å². The Morgan fingerprint density at radius 3 is 2.59 bits per heavy atom. The van der Waals surface area contributed by atoms with Crippen molar-refractivity contribution in [3.63, 3.8) is 0 Å². The topological polar surface area (TPSA) is 72.9 Å². The number of piperidine rings is 1. The van der Waals surface area contributed by atoms with Crippen LogP contribution in [0.3, 0.4) is 0 Å². The fourth-order valence-electron chi connectivity index (χ4n) is 2.46. The van der Waals surface area contributed by atoms with Crippen LogP contribution < -0.4 is 0 Å². The highest BCUT2D eigenvalue weighted by atomic mass is 32.2. The predicted molar refractivity (Wildman–Crippen MR) is 81.7 cm³/mol. The van der Waals surface area contributed by atoms with Gasteiger partial charge < -0.3 is 9.64 Å². The summed E-state index contributed by atoms with van der Waals surface area (Å²) in [6.07, 6.45) is 1.36. The third kappa shape index (κ3) is 4.99. The molecule has 122 valence electrons. The van der Waals surface area contributed by atoms with Gasteiger partial charge in [0.25, 0.3) is 10.1 Å². The first-order valence-electron chi connectivity index (χ1n) is 7.21. The van der Waals surface area contributed by atoms with Gasteiger partial charge in [0, 0.05) is 6.04 Å². The first-order valence-corrected chi connectivity index (χ1v) is 9.02. The second-order valence-electron chi connectivity index (χ2n) is 5.54. The molecule has 0 unspecified atom stereocenters. The van der Waals surface area contributed by atoms with Gasteiger partial charge in [0.05, 0.1) is 18.9 Å². The third-order valence-electron chi connectivity index (χ3n) is 3.59. The van der Waals surface area contributed by atoms with Crippen LogP contribution >= 0.6 is 0 Å². The molecule has 0 aliphatic carbocycles. The summed E-state index contributed by atoms with van der Waals surface area (Å²) >= 11 is 0. The summed E-state index contributed by atoms with van der Waals surface area (Å²) in [5, 5.41) is 0. The summed E-state index contributed by atoms with van der Waals surface area (Å²) in [5.41, 5.74) is 0.907. The Morgan fingerprint density at radius 2 is 1.95 bits per heavy atom. The SMILES string of the molecule is C[C@@H]1CC[C@H](OS(C)(=O)=O)CN1C(=O)OCc1ccccc1. The Morgan fingerprint density at radius 1 is 1.27 bits per heavy atom.